The number of amides is 6. The molecule has 6 amide bonds. The van der Waals surface area contributed by atoms with Gasteiger partial charge in [-0.05, 0) is 48.4 Å². The molecule has 2 aromatic carbocycles. The summed E-state index contributed by atoms with van der Waals surface area (Å²) in [6.07, 6.45) is 0.768. The number of nitrogens with zero attached hydrogens (tertiary/aromatic N) is 1. The van der Waals surface area contributed by atoms with Gasteiger partial charge in [0.2, 0.25) is 5.91 Å². The summed E-state index contributed by atoms with van der Waals surface area (Å²) in [4.78, 5) is 51.8. The van der Waals surface area contributed by atoms with E-state index in [9.17, 15) is 19.2 Å². The van der Waals surface area contributed by atoms with E-state index in [1.165, 1.54) is 0 Å². The van der Waals surface area contributed by atoms with Gasteiger partial charge in [-0.25, -0.2) is 9.59 Å². The highest BCUT2D eigenvalue weighted by Gasteiger charge is 2.54. The number of imide groups is 2. The topological polar surface area (TPSA) is 108 Å². The number of hydrogen-bond acceptors (Lipinski definition) is 4. The quantitative estimate of drug-likeness (QED) is 0.564. The molecule has 1 heterocycles. The van der Waals surface area contributed by atoms with Crippen LogP contribution in [0.15, 0.2) is 48.5 Å². The van der Waals surface area contributed by atoms with E-state index in [1.807, 2.05) is 45.9 Å². The summed E-state index contributed by atoms with van der Waals surface area (Å²) in [5, 5.41) is 7.59. The molecule has 2 aromatic rings. The minimum atomic E-state index is -1.46. The van der Waals surface area contributed by atoms with Gasteiger partial charge in [-0.3, -0.25) is 19.8 Å². The summed E-state index contributed by atoms with van der Waals surface area (Å²) in [6.45, 7) is 7.80. The molecule has 174 valence electrons. The van der Waals surface area contributed by atoms with Gasteiger partial charge in [0.05, 0.1) is 0 Å². The van der Waals surface area contributed by atoms with Crippen LogP contribution in [0.25, 0.3) is 0 Å². The third-order valence-electron chi connectivity index (χ3n) is 5.81. The molecular formula is C25H30N4O4. The van der Waals surface area contributed by atoms with Gasteiger partial charge >= 0.3 is 12.1 Å². The minimum absolute atomic E-state index is 0.406. The summed E-state index contributed by atoms with van der Waals surface area (Å²) in [5.41, 5.74) is 1.75. The number of benzene rings is 2. The van der Waals surface area contributed by atoms with Crippen molar-refractivity contribution in [2.45, 2.75) is 39.7 Å². The van der Waals surface area contributed by atoms with Gasteiger partial charge in [-0.15, -0.1) is 0 Å². The highest BCUT2D eigenvalue weighted by atomic mass is 16.2. The van der Waals surface area contributed by atoms with E-state index >= 15 is 0 Å². The molecule has 3 N–H and O–H groups in total. The van der Waals surface area contributed by atoms with Crippen molar-refractivity contribution in [3.8, 4) is 0 Å². The van der Waals surface area contributed by atoms with Crippen molar-refractivity contribution in [1.82, 2.24) is 20.9 Å². The van der Waals surface area contributed by atoms with Crippen molar-refractivity contribution < 1.29 is 19.2 Å². The number of nitrogens with one attached hydrogen (secondary N) is 3. The van der Waals surface area contributed by atoms with Gasteiger partial charge in [-0.1, -0.05) is 62.4 Å². The van der Waals surface area contributed by atoms with Crippen molar-refractivity contribution in [2.75, 3.05) is 13.1 Å². The van der Waals surface area contributed by atoms with E-state index in [1.54, 1.807) is 30.3 Å². The van der Waals surface area contributed by atoms with Crippen LogP contribution >= 0.6 is 0 Å². The fourth-order valence-corrected chi connectivity index (χ4v) is 3.77. The second kappa shape index (κ2) is 9.85. The Kier molecular flexibility index (Phi) is 7.16. The van der Waals surface area contributed by atoms with Crippen LogP contribution in [0.1, 0.15) is 42.5 Å². The zero-order valence-electron chi connectivity index (χ0n) is 19.4. The Labute approximate surface area is 193 Å². The first-order valence-electron chi connectivity index (χ1n) is 11.0. The van der Waals surface area contributed by atoms with Gasteiger partial charge in [0.15, 0.2) is 5.54 Å². The number of rotatable bonds is 7. The van der Waals surface area contributed by atoms with Gasteiger partial charge in [0, 0.05) is 6.54 Å². The Morgan fingerprint density at radius 2 is 1.70 bits per heavy atom. The maximum absolute atomic E-state index is 13.7. The Morgan fingerprint density at radius 1 is 1.00 bits per heavy atom. The van der Waals surface area contributed by atoms with Crippen LogP contribution < -0.4 is 16.0 Å². The van der Waals surface area contributed by atoms with Crippen molar-refractivity contribution in [2.24, 2.45) is 5.92 Å². The van der Waals surface area contributed by atoms with E-state index in [0.717, 1.165) is 22.4 Å². The summed E-state index contributed by atoms with van der Waals surface area (Å²) in [5.74, 6) is -0.912. The molecular weight excluding hydrogens is 420 g/mol. The lowest BCUT2D eigenvalue weighted by Crippen LogP contribution is -2.48. The van der Waals surface area contributed by atoms with Gasteiger partial charge in [0.25, 0.3) is 5.91 Å². The Bertz CT molecular complexity index is 1070. The molecule has 0 saturated carbocycles. The molecule has 8 heteroatoms. The van der Waals surface area contributed by atoms with Gasteiger partial charge < -0.3 is 10.6 Å². The second-order valence-corrected chi connectivity index (χ2v) is 8.72. The molecule has 1 saturated heterocycles. The molecule has 0 spiro atoms. The highest BCUT2D eigenvalue weighted by Crippen LogP contribution is 2.36. The maximum Gasteiger partial charge on any atom is 0.326 e. The first kappa shape index (κ1) is 24.0. The Hall–Kier alpha value is -3.68. The zero-order chi connectivity index (χ0) is 24.2. The summed E-state index contributed by atoms with van der Waals surface area (Å²) < 4.78 is 0. The molecule has 1 fully saturated rings. The molecule has 0 bridgehead atoms. The lowest BCUT2D eigenvalue weighted by atomic mass is 9.81. The molecule has 0 radical (unpaired) electrons. The SMILES string of the molecule is Cc1ccc(C2(c3ccccc3)NC(=O)N(CC(=O)NC(=O)NCCC(C)C)C2=O)cc1C. The number of carbonyl (C=O) groups excluding carboxylic acids is 4. The third-order valence-corrected chi connectivity index (χ3v) is 5.81. The van der Waals surface area contributed by atoms with E-state index in [2.05, 4.69) is 16.0 Å². The molecule has 1 atom stereocenters. The van der Waals surface area contributed by atoms with Crippen LogP contribution in [0.4, 0.5) is 9.59 Å². The smallest absolute Gasteiger partial charge is 0.326 e. The van der Waals surface area contributed by atoms with Crippen molar-refractivity contribution >= 4 is 23.9 Å². The highest BCUT2D eigenvalue weighted by molar-refractivity contribution is 6.12. The van der Waals surface area contributed by atoms with Crippen LogP contribution in [-0.4, -0.2) is 41.9 Å². The van der Waals surface area contributed by atoms with Crippen LogP contribution in [0, 0.1) is 19.8 Å². The number of aryl methyl sites for hydroxylation is 2. The normalized spacial score (nSPS) is 17.8. The van der Waals surface area contributed by atoms with E-state index in [-0.39, 0.29) is 0 Å². The number of hydrogen-bond donors (Lipinski definition) is 3. The van der Waals surface area contributed by atoms with Gasteiger partial charge in [-0.2, -0.15) is 0 Å². The third kappa shape index (κ3) is 5.05. The first-order valence-corrected chi connectivity index (χ1v) is 11.0. The summed E-state index contributed by atoms with van der Waals surface area (Å²) in [6, 6.07) is 13.1. The molecule has 1 aliphatic heterocycles. The summed E-state index contributed by atoms with van der Waals surface area (Å²) >= 11 is 0. The standard InChI is InChI=1S/C25H30N4O4/c1-16(2)12-13-26-23(32)27-21(30)15-29-22(31)25(28-24(29)33,19-8-6-5-7-9-19)20-11-10-17(3)18(4)14-20/h5-11,14,16H,12-13,15H2,1-4H3,(H,28,33)(H2,26,27,30,32). The predicted octanol–water partition coefficient (Wildman–Crippen LogP) is 2.97. The average molecular weight is 451 g/mol. The fourth-order valence-electron chi connectivity index (χ4n) is 3.77. The van der Waals surface area contributed by atoms with Crippen molar-refractivity contribution in [3.05, 3.63) is 70.8 Å². The Balaban J connectivity index is 1.84. The van der Waals surface area contributed by atoms with E-state index in [4.69, 9.17) is 0 Å². The van der Waals surface area contributed by atoms with Crippen LogP contribution in [0.2, 0.25) is 0 Å². The Morgan fingerprint density at radius 3 is 2.33 bits per heavy atom. The lowest BCUT2D eigenvalue weighted by Gasteiger charge is -2.28. The molecule has 1 unspecified atom stereocenters. The van der Waals surface area contributed by atoms with Crippen LogP contribution in [-0.2, 0) is 15.1 Å². The zero-order valence-corrected chi connectivity index (χ0v) is 19.4. The first-order chi connectivity index (χ1) is 15.6. The lowest BCUT2D eigenvalue weighted by molar-refractivity contribution is -0.134. The van der Waals surface area contributed by atoms with Crippen LogP contribution in [0.3, 0.4) is 0 Å². The molecule has 0 aliphatic carbocycles. The van der Waals surface area contributed by atoms with Crippen molar-refractivity contribution in [3.63, 3.8) is 0 Å². The monoisotopic (exact) mass is 450 g/mol. The summed E-state index contributed by atoms with van der Waals surface area (Å²) in [7, 11) is 0. The second-order valence-electron chi connectivity index (χ2n) is 8.72. The predicted molar refractivity (Wildman–Crippen MR) is 124 cm³/mol. The van der Waals surface area contributed by atoms with Crippen molar-refractivity contribution in [1.29, 1.82) is 0 Å². The number of carbonyl (C=O) groups is 4. The average Bonchev–Trinajstić information content (AvgIpc) is 3.01. The minimum Gasteiger partial charge on any atom is -0.338 e. The molecule has 1 aliphatic rings. The fraction of sp³-hybridized carbons (Fsp3) is 0.360. The molecule has 33 heavy (non-hydrogen) atoms. The van der Waals surface area contributed by atoms with Crippen LogP contribution in [0.5, 0.6) is 0 Å². The molecule has 8 nitrogen and oxygen atoms in total. The number of urea groups is 2. The molecule has 3 rings (SSSR count). The van der Waals surface area contributed by atoms with E-state index in [0.29, 0.717) is 23.6 Å². The maximum atomic E-state index is 13.7. The van der Waals surface area contributed by atoms with Gasteiger partial charge in [0.1, 0.15) is 6.54 Å². The molecule has 0 aromatic heterocycles. The largest absolute Gasteiger partial charge is 0.338 e. The van der Waals surface area contributed by atoms with E-state index < -0.39 is 36.0 Å².